The molecule has 1 aliphatic heterocycles. The molecular weight excluding hydrogens is 238 g/mol. The Morgan fingerprint density at radius 2 is 2.11 bits per heavy atom. The molecule has 0 radical (unpaired) electrons. The predicted octanol–water partition coefficient (Wildman–Crippen LogP) is 1.79. The van der Waals surface area contributed by atoms with E-state index in [0.717, 1.165) is 25.0 Å². The van der Waals surface area contributed by atoms with Gasteiger partial charge in [-0.3, -0.25) is 4.79 Å². The van der Waals surface area contributed by atoms with E-state index in [1.165, 1.54) is 6.07 Å². The lowest BCUT2D eigenvalue weighted by atomic mass is 10.1. The Balaban J connectivity index is 2.25. The second kappa shape index (κ2) is 5.44. The highest BCUT2D eigenvalue weighted by Crippen LogP contribution is 2.22. The van der Waals surface area contributed by atoms with E-state index < -0.39 is 23.1 Å². The molecule has 1 aliphatic rings. The fourth-order valence-corrected chi connectivity index (χ4v) is 2.40. The number of benzene rings is 1. The Labute approximate surface area is 105 Å². The van der Waals surface area contributed by atoms with Crippen LogP contribution in [0.2, 0.25) is 0 Å². The molecule has 0 saturated carbocycles. The molecule has 3 nitrogen and oxygen atoms in total. The second-order valence-electron chi connectivity index (χ2n) is 4.45. The van der Waals surface area contributed by atoms with Crippen molar-refractivity contribution >= 4 is 5.91 Å². The fraction of sp³-hybridized carbons (Fsp3) is 0.462. The molecule has 1 aromatic carbocycles. The highest BCUT2D eigenvalue weighted by Gasteiger charge is 2.31. The van der Waals surface area contributed by atoms with E-state index in [1.807, 2.05) is 0 Å². The summed E-state index contributed by atoms with van der Waals surface area (Å²) in [5.74, 6) is -2.14. The van der Waals surface area contributed by atoms with Crippen LogP contribution in [0.1, 0.15) is 23.2 Å². The molecule has 0 aliphatic carbocycles. The molecular formula is C13H16F2N2O. The van der Waals surface area contributed by atoms with Crippen LogP contribution in [0, 0.1) is 11.6 Å². The van der Waals surface area contributed by atoms with Crippen molar-refractivity contribution in [2.75, 3.05) is 20.1 Å². The van der Waals surface area contributed by atoms with Gasteiger partial charge in [-0.25, -0.2) is 8.78 Å². The van der Waals surface area contributed by atoms with Crippen LogP contribution in [0.25, 0.3) is 0 Å². The molecule has 0 spiro atoms. The molecule has 1 fully saturated rings. The zero-order valence-corrected chi connectivity index (χ0v) is 10.2. The Bertz CT molecular complexity index is 430. The molecule has 1 atom stereocenters. The van der Waals surface area contributed by atoms with Crippen molar-refractivity contribution in [3.63, 3.8) is 0 Å². The highest BCUT2D eigenvalue weighted by atomic mass is 19.1. The summed E-state index contributed by atoms with van der Waals surface area (Å²) in [7, 11) is 1.80. The van der Waals surface area contributed by atoms with Crippen LogP contribution in [0.5, 0.6) is 0 Å². The minimum absolute atomic E-state index is 0.0153. The molecule has 0 bridgehead atoms. The van der Waals surface area contributed by atoms with E-state index in [-0.39, 0.29) is 6.04 Å². The molecule has 5 heteroatoms. The molecule has 98 valence electrons. The zero-order chi connectivity index (χ0) is 13.1. The molecule has 1 heterocycles. The van der Waals surface area contributed by atoms with Gasteiger partial charge in [0.25, 0.3) is 5.91 Å². The van der Waals surface area contributed by atoms with Crippen molar-refractivity contribution in [2.24, 2.45) is 0 Å². The number of hydrogen-bond donors (Lipinski definition) is 1. The normalized spacial score (nSPS) is 19.3. The maximum Gasteiger partial charge on any atom is 0.260 e. The van der Waals surface area contributed by atoms with Gasteiger partial charge in [0.1, 0.15) is 17.2 Å². The first kappa shape index (κ1) is 13.0. The lowest BCUT2D eigenvalue weighted by molar-refractivity contribution is 0.0727. The number of likely N-dealkylation sites (N-methyl/N-ethyl adjacent to an activating group) is 1. The monoisotopic (exact) mass is 254 g/mol. The number of nitrogens with one attached hydrogen (secondary N) is 1. The molecule has 0 aromatic heterocycles. The maximum atomic E-state index is 13.6. The van der Waals surface area contributed by atoms with Crippen LogP contribution in [-0.2, 0) is 0 Å². The number of halogens is 2. The summed E-state index contributed by atoms with van der Waals surface area (Å²) in [4.78, 5) is 13.7. The molecule has 1 N–H and O–H groups in total. The van der Waals surface area contributed by atoms with Gasteiger partial charge in [-0.15, -0.1) is 0 Å². The van der Waals surface area contributed by atoms with Gasteiger partial charge in [-0.05, 0) is 32.0 Å². The maximum absolute atomic E-state index is 13.6. The first-order chi connectivity index (χ1) is 8.65. The van der Waals surface area contributed by atoms with Gasteiger partial charge in [0.2, 0.25) is 0 Å². The molecule has 1 amide bonds. The summed E-state index contributed by atoms with van der Waals surface area (Å²) in [6, 6.07) is 3.50. The van der Waals surface area contributed by atoms with Gasteiger partial charge < -0.3 is 10.2 Å². The number of likely N-dealkylation sites (tertiary alicyclic amines) is 1. The number of carbonyl (C=O) groups is 1. The molecule has 2 rings (SSSR count). The van der Waals surface area contributed by atoms with E-state index in [2.05, 4.69) is 5.32 Å². The van der Waals surface area contributed by atoms with Gasteiger partial charge in [-0.2, -0.15) is 0 Å². The van der Waals surface area contributed by atoms with Crippen molar-refractivity contribution in [1.29, 1.82) is 0 Å². The number of amides is 1. The third-order valence-electron chi connectivity index (χ3n) is 3.25. The van der Waals surface area contributed by atoms with Crippen molar-refractivity contribution in [2.45, 2.75) is 18.9 Å². The largest absolute Gasteiger partial charge is 0.334 e. The van der Waals surface area contributed by atoms with Crippen molar-refractivity contribution < 1.29 is 13.6 Å². The lowest BCUT2D eigenvalue weighted by Gasteiger charge is -2.24. The van der Waals surface area contributed by atoms with Gasteiger partial charge in [0.05, 0.1) is 0 Å². The van der Waals surface area contributed by atoms with Crippen LogP contribution < -0.4 is 5.32 Å². The summed E-state index contributed by atoms with van der Waals surface area (Å²) in [5.41, 5.74) is -0.444. The summed E-state index contributed by atoms with van der Waals surface area (Å²) in [5, 5.41) is 2.99. The zero-order valence-electron chi connectivity index (χ0n) is 10.2. The number of rotatable bonds is 3. The van der Waals surface area contributed by atoms with E-state index in [4.69, 9.17) is 0 Å². The average Bonchev–Trinajstić information content (AvgIpc) is 2.77. The summed E-state index contributed by atoms with van der Waals surface area (Å²) < 4.78 is 27.1. The van der Waals surface area contributed by atoms with Crippen LogP contribution in [0.4, 0.5) is 8.78 Å². The number of hydrogen-bond acceptors (Lipinski definition) is 2. The van der Waals surface area contributed by atoms with Crippen molar-refractivity contribution in [3.05, 3.63) is 35.4 Å². The molecule has 1 aromatic rings. The summed E-state index contributed by atoms with van der Waals surface area (Å²) in [6.45, 7) is 1.20. The predicted molar refractivity (Wildman–Crippen MR) is 64.3 cm³/mol. The standard InChI is InChI=1S/C13H16F2N2O/c1-16-8-9-4-3-7-17(9)13(18)12-10(14)5-2-6-11(12)15/h2,5-6,9,16H,3-4,7-8H2,1H3. The minimum atomic E-state index is -0.796. The Kier molecular flexibility index (Phi) is 3.91. The van der Waals surface area contributed by atoms with E-state index in [9.17, 15) is 13.6 Å². The molecule has 1 saturated heterocycles. The molecule has 1 unspecified atom stereocenters. The van der Waals surface area contributed by atoms with Gasteiger partial charge in [0.15, 0.2) is 0 Å². The highest BCUT2D eigenvalue weighted by molar-refractivity contribution is 5.95. The lowest BCUT2D eigenvalue weighted by Crippen LogP contribution is -2.41. The van der Waals surface area contributed by atoms with Gasteiger partial charge in [0, 0.05) is 19.1 Å². The smallest absolute Gasteiger partial charge is 0.260 e. The minimum Gasteiger partial charge on any atom is -0.334 e. The first-order valence-electron chi connectivity index (χ1n) is 6.04. The quantitative estimate of drug-likeness (QED) is 0.892. The van der Waals surface area contributed by atoms with E-state index in [1.54, 1.807) is 11.9 Å². The third-order valence-corrected chi connectivity index (χ3v) is 3.25. The van der Waals surface area contributed by atoms with Gasteiger partial charge >= 0.3 is 0 Å². The Morgan fingerprint density at radius 3 is 2.72 bits per heavy atom. The topological polar surface area (TPSA) is 32.3 Å². The van der Waals surface area contributed by atoms with Crippen LogP contribution in [0.15, 0.2) is 18.2 Å². The van der Waals surface area contributed by atoms with Crippen LogP contribution in [-0.4, -0.2) is 37.0 Å². The van der Waals surface area contributed by atoms with Crippen LogP contribution in [0.3, 0.4) is 0 Å². The Morgan fingerprint density at radius 1 is 1.44 bits per heavy atom. The van der Waals surface area contributed by atoms with Crippen LogP contribution >= 0.6 is 0 Å². The second-order valence-corrected chi connectivity index (χ2v) is 4.45. The summed E-state index contributed by atoms with van der Waals surface area (Å²) in [6.07, 6.45) is 1.73. The first-order valence-corrected chi connectivity index (χ1v) is 6.04. The van der Waals surface area contributed by atoms with Gasteiger partial charge in [-0.1, -0.05) is 6.07 Å². The fourth-order valence-electron chi connectivity index (χ4n) is 2.40. The van der Waals surface area contributed by atoms with E-state index >= 15 is 0 Å². The Hall–Kier alpha value is -1.49. The SMILES string of the molecule is CNCC1CCCN1C(=O)c1c(F)cccc1F. The number of nitrogens with zero attached hydrogens (tertiary/aromatic N) is 1. The number of carbonyl (C=O) groups excluding carboxylic acids is 1. The average molecular weight is 254 g/mol. The molecule has 18 heavy (non-hydrogen) atoms. The summed E-state index contributed by atoms with van der Waals surface area (Å²) >= 11 is 0. The van der Waals surface area contributed by atoms with Crippen molar-refractivity contribution in [3.8, 4) is 0 Å². The third kappa shape index (κ3) is 2.36. The van der Waals surface area contributed by atoms with E-state index in [0.29, 0.717) is 13.1 Å². The van der Waals surface area contributed by atoms with Crippen molar-refractivity contribution in [1.82, 2.24) is 10.2 Å².